The van der Waals surface area contributed by atoms with Crippen LogP contribution >= 0.6 is 0 Å². The molecule has 0 radical (unpaired) electrons. The van der Waals surface area contributed by atoms with Crippen molar-refractivity contribution in [2.75, 3.05) is 7.11 Å². The van der Waals surface area contributed by atoms with Crippen molar-refractivity contribution in [3.05, 3.63) is 39.4 Å². The average molecular weight is 265 g/mol. The van der Waals surface area contributed by atoms with E-state index in [1.54, 1.807) is 19.1 Å². The van der Waals surface area contributed by atoms with Gasteiger partial charge in [-0.05, 0) is 13.3 Å². The number of carbonyl (C=O) groups excluding carboxylic acids is 2. The van der Waals surface area contributed by atoms with Gasteiger partial charge in [0.2, 0.25) is 0 Å². The van der Waals surface area contributed by atoms with Crippen LogP contribution in [0.4, 0.5) is 5.69 Å². The van der Waals surface area contributed by atoms with Crippen molar-refractivity contribution in [1.29, 1.82) is 0 Å². The number of Topliss-reactive ketones (excluding diaryl/α,β-unsaturated/α-hetero) is 1. The summed E-state index contributed by atoms with van der Waals surface area (Å²) in [4.78, 5) is 33.0. The van der Waals surface area contributed by atoms with E-state index in [1.807, 2.05) is 0 Å². The number of carbonyl (C=O) groups is 2. The lowest BCUT2D eigenvalue weighted by atomic mass is 10.0. The molecule has 1 rings (SSSR count). The van der Waals surface area contributed by atoms with E-state index in [-0.39, 0.29) is 30.3 Å². The summed E-state index contributed by atoms with van der Waals surface area (Å²) in [5.74, 6) is -0.588. The molecule has 0 bridgehead atoms. The van der Waals surface area contributed by atoms with E-state index in [9.17, 15) is 19.7 Å². The lowest BCUT2D eigenvalue weighted by Gasteiger charge is -2.03. The second-order valence-electron chi connectivity index (χ2n) is 4.11. The number of nitrogens with zero attached hydrogens (tertiary/aromatic N) is 1. The molecule has 0 aliphatic heterocycles. The van der Waals surface area contributed by atoms with E-state index in [4.69, 9.17) is 0 Å². The third-order valence-corrected chi connectivity index (χ3v) is 2.74. The molecule has 0 heterocycles. The van der Waals surface area contributed by atoms with E-state index in [2.05, 4.69) is 4.74 Å². The smallest absolute Gasteiger partial charge is 0.305 e. The first-order chi connectivity index (χ1) is 8.95. The lowest BCUT2D eigenvalue weighted by Crippen LogP contribution is -2.04. The second kappa shape index (κ2) is 6.63. The molecule has 0 spiro atoms. The largest absolute Gasteiger partial charge is 0.469 e. The Hall–Kier alpha value is -2.24. The molecule has 1 aromatic rings. The Morgan fingerprint density at radius 3 is 2.58 bits per heavy atom. The zero-order valence-electron chi connectivity index (χ0n) is 10.8. The number of hydrogen-bond donors (Lipinski definition) is 0. The number of ketones is 1. The Morgan fingerprint density at radius 2 is 2.00 bits per heavy atom. The molecule has 1 aromatic carbocycles. The third kappa shape index (κ3) is 4.17. The van der Waals surface area contributed by atoms with Gasteiger partial charge in [0.05, 0.1) is 12.0 Å². The van der Waals surface area contributed by atoms with Gasteiger partial charge in [0.15, 0.2) is 5.78 Å². The minimum atomic E-state index is -0.513. The van der Waals surface area contributed by atoms with Crippen molar-refractivity contribution in [2.45, 2.75) is 26.2 Å². The van der Waals surface area contributed by atoms with Crippen LogP contribution in [0.2, 0.25) is 0 Å². The molecule has 0 fully saturated rings. The number of benzene rings is 1. The van der Waals surface area contributed by atoms with Gasteiger partial charge < -0.3 is 4.74 Å². The van der Waals surface area contributed by atoms with Crippen molar-refractivity contribution < 1.29 is 19.2 Å². The number of aryl methyl sites for hydroxylation is 1. The van der Waals surface area contributed by atoms with Gasteiger partial charge in [-0.2, -0.15) is 0 Å². The summed E-state index contributed by atoms with van der Waals surface area (Å²) < 4.78 is 4.46. The monoisotopic (exact) mass is 265 g/mol. The van der Waals surface area contributed by atoms with Gasteiger partial charge in [-0.25, -0.2) is 0 Å². The first-order valence-corrected chi connectivity index (χ1v) is 5.80. The zero-order chi connectivity index (χ0) is 14.4. The highest BCUT2D eigenvalue weighted by atomic mass is 16.6. The van der Waals surface area contributed by atoms with Crippen LogP contribution < -0.4 is 0 Å². The number of rotatable bonds is 6. The van der Waals surface area contributed by atoms with Crippen molar-refractivity contribution >= 4 is 17.4 Å². The molecule has 19 heavy (non-hydrogen) atoms. The normalized spacial score (nSPS) is 10.0. The van der Waals surface area contributed by atoms with Crippen molar-refractivity contribution in [2.24, 2.45) is 0 Å². The van der Waals surface area contributed by atoms with Crippen LogP contribution in [-0.2, 0) is 9.53 Å². The van der Waals surface area contributed by atoms with E-state index in [0.29, 0.717) is 17.5 Å². The molecular formula is C13H15NO5. The molecule has 0 aromatic heterocycles. The van der Waals surface area contributed by atoms with Gasteiger partial charge in [-0.1, -0.05) is 12.1 Å². The Morgan fingerprint density at radius 1 is 1.32 bits per heavy atom. The fourth-order valence-electron chi connectivity index (χ4n) is 1.62. The highest BCUT2D eigenvalue weighted by Gasteiger charge is 2.15. The maximum atomic E-state index is 11.8. The van der Waals surface area contributed by atoms with Gasteiger partial charge in [0, 0.05) is 30.0 Å². The van der Waals surface area contributed by atoms with Gasteiger partial charge in [0.25, 0.3) is 5.69 Å². The maximum absolute atomic E-state index is 11.8. The van der Waals surface area contributed by atoms with Crippen molar-refractivity contribution in [3.63, 3.8) is 0 Å². The van der Waals surface area contributed by atoms with Crippen molar-refractivity contribution in [3.8, 4) is 0 Å². The Bertz CT molecular complexity index is 510. The number of ether oxygens (including phenoxy) is 1. The Labute approximate surface area is 110 Å². The fourth-order valence-corrected chi connectivity index (χ4v) is 1.62. The molecule has 0 atom stereocenters. The molecular weight excluding hydrogens is 250 g/mol. The zero-order valence-corrected chi connectivity index (χ0v) is 10.8. The predicted molar refractivity (Wildman–Crippen MR) is 68.0 cm³/mol. The summed E-state index contributed by atoms with van der Waals surface area (Å²) in [6.45, 7) is 1.61. The number of esters is 1. The molecule has 0 N–H and O–H groups in total. The minimum Gasteiger partial charge on any atom is -0.469 e. The quantitative estimate of drug-likeness (QED) is 0.341. The Kier molecular flexibility index (Phi) is 5.17. The van der Waals surface area contributed by atoms with Crippen LogP contribution in [0.1, 0.15) is 35.2 Å². The molecule has 6 heteroatoms. The van der Waals surface area contributed by atoms with Gasteiger partial charge in [-0.15, -0.1) is 0 Å². The summed E-state index contributed by atoms with van der Waals surface area (Å²) in [5.41, 5.74) is 0.733. The second-order valence-corrected chi connectivity index (χ2v) is 4.11. The minimum absolute atomic E-state index is 0.0705. The summed E-state index contributed by atoms with van der Waals surface area (Å²) in [5, 5.41) is 10.8. The number of methoxy groups -OCH3 is 1. The fraction of sp³-hybridized carbons (Fsp3) is 0.385. The number of hydrogen-bond acceptors (Lipinski definition) is 5. The van der Waals surface area contributed by atoms with Gasteiger partial charge >= 0.3 is 5.97 Å². The van der Waals surface area contributed by atoms with Crippen LogP contribution in [0.25, 0.3) is 0 Å². The Balaban J connectivity index is 2.70. The molecule has 0 saturated carbocycles. The van der Waals surface area contributed by atoms with Gasteiger partial charge in [0.1, 0.15) is 0 Å². The standard InChI is InChI=1S/C13H15NO5/c1-9-6-7-10(8-11(9)14(17)18)12(15)4-3-5-13(16)19-2/h6-8H,3-5H2,1-2H3. The predicted octanol–water partition coefficient (Wildman–Crippen LogP) is 2.43. The van der Waals surface area contributed by atoms with E-state index < -0.39 is 4.92 Å². The van der Waals surface area contributed by atoms with Crippen LogP contribution in [0, 0.1) is 17.0 Å². The van der Waals surface area contributed by atoms with E-state index in [1.165, 1.54) is 13.2 Å². The van der Waals surface area contributed by atoms with Crippen LogP contribution in [0.3, 0.4) is 0 Å². The summed E-state index contributed by atoms with van der Waals surface area (Å²) in [6, 6.07) is 4.38. The summed E-state index contributed by atoms with van der Waals surface area (Å²) >= 11 is 0. The van der Waals surface area contributed by atoms with E-state index >= 15 is 0 Å². The summed E-state index contributed by atoms with van der Waals surface area (Å²) in [6.07, 6.45) is 0.693. The molecule has 6 nitrogen and oxygen atoms in total. The van der Waals surface area contributed by atoms with Gasteiger partial charge in [-0.3, -0.25) is 19.7 Å². The number of nitro benzene ring substituents is 1. The van der Waals surface area contributed by atoms with E-state index in [0.717, 1.165) is 0 Å². The highest BCUT2D eigenvalue weighted by molar-refractivity contribution is 5.96. The molecule has 0 amide bonds. The SMILES string of the molecule is COC(=O)CCCC(=O)c1ccc(C)c([N+](=O)[O-])c1. The third-order valence-electron chi connectivity index (χ3n) is 2.74. The maximum Gasteiger partial charge on any atom is 0.305 e. The highest BCUT2D eigenvalue weighted by Crippen LogP contribution is 2.20. The average Bonchev–Trinajstić information content (AvgIpc) is 2.38. The molecule has 0 saturated heterocycles. The first-order valence-electron chi connectivity index (χ1n) is 5.80. The number of nitro groups is 1. The molecule has 0 aliphatic rings. The molecule has 0 unspecified atom stereocenters. The van der Waals surface area contributed by atoms with Crippen LogP contribution in [0.15, 0.2) is 18.2 Å². The van der Waals surface area contributed by atoms with Crippen LogP contribution in [-0.4, -0.2) is 23.8 Å². The van der Waals surface area contributed by atoms with Crippen LogP contribution in [0.5, 0.6) is 0 Å². The lowest BCUT2D eigenvalue weighted by molar-refractivity contribution is -0.385. The molecule has 0 aliphatic carbocycles. The first kappa shape index (κ1) is 14.8. The van der Waals surface area contributed by atoms with Crippen molar-refractivity contribution in [1.82, 2.24) is 0 Å². The topological polar surface area (TPSA) is 86.5 Å². The molecule has 102 valence electrons. The summed E-state index contributed by atoms with van der Waals surface area (Å²) in [7, 11) is 1.29.